The number of hydrogen-bond donors (Lipinski definition) is 0. The topological polar surface area (TPSA) is 40.2 Å². The van der Waals surface area contributed by atoms with Crippen molar-refractivity contribution in [2.75, 3.05) is 20.3 Å². The van der Waals surface area contributed by atoms with Crippen LogP contribution in [0.5, 0.6) is 0 Å². The molecule has 1 aliphatic heterocycles. The van der Waals surface area contributed by atoms with Gasteiger partial charge in [-0.1, -0.05) is 13.3 Å². The molecule has 0 radical (unpaired) electrons. The number of aromatic nitrogens is 3. The van der Waals surface area contributed by atoms with Crippen LogP contribution in [0.4, 0.5) is 0 Å². The summed E-state index contributed by atoms with van der Waals surface area (Å²) in [6.07, 6.45) is 7.72. The minimum atomic E-state index is 0.674. The van der Waals surface area contributed by atoms with Crippen molar-refractivity contribution in [3.63, 3.8) is 0 Å². The van der Waals surface area contributed by atoms with E-state index in [1.165, 1.54) is 33.8 Å². The lowest BCUT2D eigenvalue weighted by Gasteiger charge is -2.23. The van der Waals surface area contributed by atoms with E-state index >= 15 is 0 Å². The Morgan fingerprint density at radius 3 is 2.92 bits per heavy atom. The molecular formula is C20H28N3O2S+. The molecule has 0 spiro atoms. The molecule has 1 saturated heterocycles. The fourth-order valence-electron chi connectivity index (χ4n) is 3.92. The number of pyridine rings is 1. The fraction of sp³-hybridized carbons (Fsp3) is 0.600. The van der Waals surface area contributed by atoms with Gasteiger partial charge >= 0.3 is 0 Å². The second-order valence-electron chi connectivity index (χ2n) is 7.24. The first kappa shape index (κ1) is 17.7. The Hall–Kier alpha value is -1.66. The van der Waals surface area contributed by atoms with E-state index in [1.807, 2.05) is 22.3 Å². The summed E-state index contributed by atoms with van der Waals surface area (Å²) in [7, 11) is 1.72. The van der Waals surface area contributed by atoms with Crippen LogP contribution < -0.4 is 9.57 Å². The van der Waals surface area contributed by atoms with Crippen LogP contribution >= 0.6 is 11.3 Å². The Labute approximate surface area is 158 Å². The van der Waals surface area contributed by atoms with E-state index in [9.17, 15) is 0 Å². The van der Waals surface area contributed by atoms with Crippen molar-refractivity contribution in [3.05, 3.63) is 23.0 Å². The van der Waals surface area contributed by atoms with E-state index in [-0.39, 0.29) is 0 Å². The summed E-state index contributed by atoms with van der Waals surface area (Å²) >= 11 is 1.84. The summed E-state index contributed by atoms with van der Waals surface area (Å²) in [5.41, 5.74) is 3.46. The van der Waals surface area contributed by atoms with Crippen molar-refractivity contribution in [3.8, 4) is 0 Å². The Kier molecular flexibility index (Phi) is 5.14. The van der Waals surface area contributed by atoms with Gasteiger partial charge in [0.05, 0.1) is 5.52 Å². The fourth-order valence-corrected chi connectivity index (χ4v) is 4.98. The molecule has 6 heteroatoms. The molecule has 1 fully saturated rings. The lowest BCUT2D eigenvalue weighted by Crippen LogP contribution is -2.40. The van der Waals surface area contributed by atoms with Crippen molar-refractivity contribution in [2.24, 2.45) is 5.92 Å². The molecule has 1 aliphatic rings. The minimum Gasteiger partial charge on any atom is -0.381 e. The van der Waals surface area contributed by atoms with Gasteiger partial charge in [0.15, 0.2) is 5.52 Å². The highest BCUT2D eigenvalue weighted by atomic mass is 32.1. The molecule has 140 valence electrons. The summed E-state index contributed by atoms with van der Waals surface area (Å²) in [5.74, 6) is 1.89. The number of aryl methyl sites for hydroxylation is 2. The molecule has 4 rings (SSSR count). The van der Waals surface area contributed by atoms with Gasteiger partial charge in [-0.3, -0.25) is 4.84 Å². The van der Waals surface area contributed by atoms with Crippen LogP contribution in [0.2, 0.25) is 0 Å². The summed E-state index contributed by atoms with van der Waals surface area (Å²) in [4.78, 5) is 11.9. The summed E-state index contributed by atoms with van der Waals surface area (Å²) in [6.45, 7) is 7.22. The van der Waals surface area contributed by atoms with Crippen LogP contribution in [-0.4, -0.2) is 29.9 Å². The maximum atomic E-state index is 5.59. The molecular weight excluding hydrogens is 346 g/mol. The van der Waals surface area contributed by atoms with E-state index in [0.29, 0.717) is 5.92 Å². The van der Waals surface area contributed by atoms with Crippen LogP contribution in [0.25, 0.3) is 21.3 Å². The summed E-state index contributed by atoms with van der Waals surface area (Å²) in [6, 6.07) is 2.21. The average Bonchev–Trinajstić information content (AvgIpc) is 3.20. The molecule has 0 aliphatic carbocycles. The predicted molar refractivity (Wildman–Crippen MR) is 105 cm³/mol. The first-order valence-corrected chi connectivity index (χ1v) is 10.5. The highest BCUT2D eigenvalue weighted by Gasteiger charge is 2.25. The number of thiophene rings is 1. The van der Waals surface area contributed by atoms with Gasteiger partial charge in [0.1, 0.15) is 17.6 Å². The molecule has 0 amide bonds. The van der Waals surface area contributed by atoms with Crippen LogP contribution in [0.1, 0.15) is 43.3 Å². The number of ether oxygens (including phenoxy) is 1. The van der Waals surface area contributed by atoms with Gasteiger partial charge in [0.25, 0.3) is 11.7 Å². The number of nitrogens with zero attached hydrogens (tertiary/aromatic N) is 3. The molecule has 26 heavy (non-hydrogen) atoms. The van der Waals surface area contributed by atoms with E-state index < -0.39 is 0 Å². The second kappa shape index (κ2) is 7.53. The Balaban J connectivity index is 1.88. The third kappa shape index (κ3) is 3.21. The molecule has 0 atom stereocenters. The Morgan fingerprint density at radius 2 is 2.19 bits per heavy atom. The van der Waals surface area contributed by atoms with E-state index in [0.717, 1.165) is 50.1 Å². The molecule has 5 nitrogen and oxygen atoms in total. The lowest BCUT2D eigenvalue weighted by molar-refractivity contribution is -0.864. The van der Waals surface area contributed by atoms with Crippen LogP contribution in [-0.2, 0) is 17.7 Å². The third-order valence-corrected chi connectivity index (χ3v) is 6.38. The van der Waals surface area contributed by atoms with Crippen molar-refractivity contribution >= 4 is 32.6 Å². The van der Waals surface area contributed by atoms with Gasteiger partial charge in [0.2, 0.25) is 0 Å². The number of rotatable bonds is 6. The zero-order chi connectivity index (χ0) is 18.1. The van der Waals surface area contributed by atoms with Gasteiger partial charge in [-0.05, 0) is 32.1 Å². The van der Waals surface area contributed by atoms with Crippen molar-refractivity contribution in [1.82, 2.24) is 9.55 Å². The van der Waals surface area contributed by atoms with Crippen LogP contribution in [0.3, 0.4) is 0 Å². The summed E-state index contributed by atoms with van der Waals surface area (Å²) < 4.78 is 11.2. The van der Waals surface area contributed by atoms with Gasteiger partial charge < -0.3 is 9.30 Å². The molecule has 0 N–H and O–H groups in total. The lowest BCUT2D eigenvalue weighted by atomic mass is 10.00. The Bertz CT molecular complexity index is 909. The second-order valence-corrected chi connectivity index (χ2v) is 8.50. The predicted octanol–water partition coefficient (Wildman–Crippen LogP) is 3.67. The molecule has 0 saturated carbocycles. The van der Waals surface area contributed by atoms with Crippen LogP contribution in [0, 0.1) is 12.8 Å². The van der Waals surface area contributed by atoms with Crippen molar-refractivity contribution < 1.29 is 14.3 Å². The van der Waals surface area contributed by atoms with E-state index in [4.69, 9.17) is 14.6 Å². The quantitative estimate of drug-likeness (QED) is 0.618. The zero-order valence-corrected chi connectivity index (χ0v) is 16.8. The first-order valence-electron chi connectivity index (χ1n) is 9.67. The molecule has 3 aromatic heterocycles. The number of imidazole rings is 1. The highest BCUT2D eigenvalue weighted by Crippen LogP contribution is 2.32. The molecule has 0 bridgehead atoms. The SMILES string of the molecule is CCCCc1nc2c[n+](OC)c3cc(C)sc3c2n1CC1CCOCC1. The third-order valence-electron chi connectivity index (χ3n) is 5.33. The molecule has 0 unspecified atom stereocenters. The number of fused-ring (bicyclic) bond motifs is 3. The molecule has 0 aromatic carbocycles. The van der Waals surface area contributed by atoms with Crippen molar-refractivity contribution in [1.29, 1.82) is 0 Å². The van der Waals surface area contributed by atoms with Crippen molar-refractivity contribution in [2.45, 2.75) is 52.5 Å². The van der Waals surface area contributed by atoms with Gasteiger partial charge in [-0.15, -0.1) is 11.3 Å². The van der Waals surface area contributed by atoms with E-state index in [2.05, 4.69) is 24.5 Å². The summed E-state index contributed by atoms with van der Waals surface area (Å²) in [5, 5.41) is 0. The normalized spacial score (nSPS) is 16.0. The van der Waals surface area contributed by atoms with Crippen LogP contribution in [0.15, 0.2) is 12.3 Å². The maximum Gasteiger partial charge on any atom is 0.277 e. The van der Waals surface area contributed by atoms with Gasteiger partial charge in [0, 0.05) is 41.9 Å². The monoisotopic (exact) mass is 374 g/mol. The molecule has 3 aromatic rings. The van der Waals surface area contributed by atoms with Gasteiger partial charge in [-0.25, -0.2) is 4.98 Å². The standard InChI is InChI=1S/C20H28N3O2S/c1-4-5-6-18-21-16-13-23(24-3)17-11-14(2)26-20(17)19(16)22(18)12-15-7-9-25-10-8-15/h11,13,15H,4-10,12H2,1-3H3/q+1. The molecule has 4 heterocycles. The number of hydrogen-bond acceptors (Lipinski definition) is 4. The Morgan fingerprint density at radius 1 is 1.38 bits per heavy atom. The zero-order valence-electron chi connectivity index (χ0n) is 16.0. The highest BCUT2D eigenvalue weighted by molar-refractivity contribution is 7.19. The number of unbranched alkanes of at least 4 members (excludes halogenated alkanes) is 1. The first-order chi connectivity index (χ1) is 12.7. The smallest absolute Gasteiger partial charge is 0.277 e. The minimum absolute atomic E-state index is 0.674. The average molecular weight is 375 g/mol. The maximum absolute atomic E-state index is 5.59. The van der Waals surface area contributed by atoms with E-state index in [1.54, 1.807) is 7.11 Å². The van der Waals surface area contributed by atoms with Gasteiger partial charge in [-0.2, -0.15) is 0 Å². The largest absolute Gasteiger partial charge is 0.381 e.